The molecule has 1 aromatic heterocycles. The number of aliphatic hydroxyl groups excluding tert-OH is 1. The van der Waals surface area contributed by atoms with Crippen LogP contribution in [0.15, 0.2) is 16.8 Å². The van der Waals surface area contributed by atoms with E-state index in [2.05, 4.69) is 5.38 Å². The molecular weight excluding hydrogens is 184 g/mol. The third-order valence-corrected chi connectivity index (χ3v) is 2.89. The van der Waals surface area contributed by atoms with Crippen molar-refractivity contribution in [3.8, 4) is 0 Å². The molecule has 0 radical (unpaired) electrons. The third kappa shape index (κ3) is 3.10. The summed E-state index contributed by atoms with van der Waals surface area (Å²) >= 11 is 1.66. The Morgan fingerprint density at radius 3 is 2.85 bits per heavy atom. The lowest BCUT2D eigenvalue weighted by molar-refractivity contribution is -0.0128. The van der Waals surface area contributed by atoms with Crippen LogP contribution >= 0.6 is 11.3 Å². The molecule has 0 saturated heterocycles. The second-order valence-corrected chi connectivity index (χ2v) is 3.87. The fourth-order valence-electron chi connectivity index (χ4n) is 1.38. The van der Waals surface area contributed by atoms with E-state index in [1.54, 1.807) is 18.4 Å². The van der Waals surface area contributed by atoms with Crippen molar-refractivity contribution < 1.29 is 9.84 Å². The minimum absolute atomic E-state index is 0.0418. The van der Waals surface area contributed by atoms with Crippen LogP contribution in [0.1, 0.15) is 18.9 Å². The summed E-state index contributed by atoms with van der Waals surface area (Å²) in [5, 5.41) is 13.8. The number of aliphatic hydroxyl groups is 1. The highest BCUT2D eigenvalue weighted by molar-refractivity contribution is 7.07. The largest absolute Gasteiger partial charge is 0.390 e. The summed E-state index contributed by atoms with van der Waals surface area (Å²) in [5.41, 5.74) is 1.19. The van der Waals surface area contributed by atoms with E-state index < -0.39 is 0 Å². The number of rotatable bonds is 5. The Morgan fingerprint density at radius 1 is 1.62 bits per heavy atom. The normalized spacial score (nSPS) is 15.6. The Hall–Kier alpha value is -0.380. The van der Waals surface area contributed by atoms with Crippen LogP contribution < -0.4 is 0 Å². The van der Waals surface area contributed by atoms with E-state index in [9.17, 15) is 5.11 Å². The van der Waals surface area contributed by atoms with E-state index in [4.69, 9.17) is 4.74 Å². The molecule has 0 aliphatic rings. The average molecular weight is 200 g/mol. The lowest BCUT2D eigenvalue weighted by Crippen LogP contribution is -2.29. The van der Waals surface area contributed by atoms with Gasteiger partial charge in [-0.15, -0.1) is 0 Å². The quantitative estimate of drug-likeness (QED) is 0.788. The van der Waals surface area contributed by atoms with Crippen molar-refractivity contribution in [3.63, 3.8) is 0 Å². The summed E-state index contributed by atoms with van der Waals surface area (Å²) in [5.74, 6) is 0. The molecule has 0 aliphatic heterocycles. The number of hydrogen-bond donors (Lipinski definition) is 1. The highest BCUT2D eigenvalue weighted by Gasteiger charge is 2.16. The zero-order valence-corrected chi connectivity index (χ0v) is 8.88. The van der Waals surface area contributed by atoms with Gasteiger partial charge in [0, 0.05) is 13.5 Å². The van der Waals surface area contributed by atoms with E-state index >= 15 is 0 Å². The lowest BCUT2D eigenvalue weighted by Gasteiger charge is -2.19. The van der Waals surface area contributed by atoms with Crippen LogP contribution in [0.2, 0.25) is 0 Å². The Morgan fingerprint density at radius 2 is 2.38 bits per heavy atom. The Labute approximate surface area is 83.2 Å². The van der Waals surface area contributed by atoms with Crippen molar-refractivity contribution in [2.75, 3.05) is 7.11 Å². The van der Waals surface area contributed by atoms with Gasteiger partial charge in [-0.3, -0.25) is 0 Å². The molecule has 0 aliphatic carbocycles. The molecule has 2 atom stereocenters. The molecule has 3 heteroatoms. The van der Waals surface area contributed by atoms with Gasteiger partial charge >= 0.3 is 0 Å². The van der Waals surface area contributed by atoms with Gasteiger partial charge in [0.2, 0.25) is 0 Å². The predicted molar refractivity (Wildman–Crippen MR) is 55.1 cm³/mol. The fourth-order valence-corrected chi connectivity index (χ4v) is 2.06. The van der Waals surface area contributed by atoms with Crippen LogP contribution in [0.5, 0.6) is 0 Å². The number of ether oxygens (including phenoxy) is 1. The van der Waals surface area contributed by atoms with E-state index in [-0.39, 0.29) is 12.2 Å². The van der Waals surface area contributed by atoms with Gasteiger partial charge in [0.15, 0.2) is 0 Å². The lowest BCUT2D eigenvalue weighted by atomic mass is 10.0. The van der Waals surface area contributed by atoms with Crippen molar-refractivity contribution in [1.82, 2.24) is 0 Å². The van der Waals surface area contributed by atoms with Gasteiger partial charge < -0.3 is 9.84 Å². The van der Waals surface area contributed by atoms with Crippen LogP contribution in [-0.4, -0.2) is 24.4 Å². The third-order valence-electron chi connectivity index (χ3n) is 2.16. The minimum Gasteiger partial charge on any atom is -0.390 e. The average Bonchev–Trinajstić information content (AvgIpc) is 2.59. The molecular formula is C10H16O2S. The van der Waals surface area contributed by atoms with Gasteiger partial charge in [0.05, 0.1) is 12.2 Å². The first-order valence-electron chi connectivity index (χ1n) is 4.49. The Kier molecular flexibility index (Phi) is 4.42. The molecule has 74 valence electrons. The first-order chi connectivity index (χ1) is 6.27. The molecule has 0 fully saturated rings. The minimum atomic E-state index is -0.385. The zero-order chi connectivity index (χ0) is 9.68. The second kappa shape index (κ2) is 5.37. The molecule has 1 N–H and O–H groups in total. The van der Waals surface area contributed by atoms with Gasteiger partial charge in [-0.05, 0) is 28.8 Å². The highest BCUT2D eigenvalue weighted by Crippen LogP contribution is 2.13. The Bertz CT molecular complexity index is 217. The van der Waals surface area contributed by atoms with Crippen molar-refractivity contribution in [1.29, 1.82) is 0 Å². The van der Waals surface area contributed by atoms with Gasteiger partial charge in [0.25, 0.3) is 0 Å². The zero-order valence-electron chi connectivity index (χ0n) is 8.06. The molecule has 1 heterocycles. The summed E-state index contributed by atoms with van der Waals surface area (Å²) in [6.07, 6.45) is 1.11. The monoisotopic (exact) mass is 200 g/mol. The van der Waals surface area contributed by atoms with Crippen LogP contribution in [0.4, 0.5) is 0 Å². The Balaban J connectivity index is 2.44. The van der Waals surface area contributed by atoms with Crippen LogP contribution in [-0.2, 0) is 11.2 Å². The summed E-state index contributed by atoms with van der Waals surface area (Å²) in [7, 11) is 1.64. The van der Waals surface area contributed by atoms with Gasteiger partial charge in [-0.1, -0.05) is 6.92 Å². The van der Waals surface area contributed by atoms with Crippen LogP contribution in [0, 0.1) is 0 Å². The molecule has 13 heavy (non-hydrogen) atoms. The van der Waals surface area contributed by atoms with Gasteiger partial charge in [-0.25, -0.2) is 0 Å². The topological polar surface area (TPSA) is 29.5 Å². The van der Waals surface area contributed by atoms with Crippen molar-refractivity contribution >= 4 is 11.3 Å². The maximum Gasteiger partial charge on any atom is 0.0842 e. The van der Waals surface area contributed by atoms with Crippen molar-refractivity contribution in [2.24, 2.45) is 0 Å². The second-order valence-electron chi connectivity index (χ2n) is 3.09. The van der Waals surface area contributed by atoms with Crippen molar-refractivity contribution in [3.05, 3.63) is 22.4 Å². The van der Waals surface area contributed by atoms with Gasteiger partial charge in [0.1, 0.15) is 0 Å². The summed E-state index contributed by atoms with van der Waals surface area (Å²) in [6, 6.07) is 2.04. The first-order valence-corrected chi connectivity index (χ1v) is 5.44. The van der Waals surface area contributed by atoms with Crippen LogP contribution in [0.25, 0.3) is 0 Å². The van der Waals surface area contributed by atoms with E-state index in [1.165, 1.54) is 5.56 Å². The van der Waals surface area contributed by atoms with Crippen molar-refractivity contribution in [2.45, 2.75) is 32.0 Å². The smallest absolute Gasteiger partial charge is 0.0842 e. The summed E-state index contributed by atoms with van der Waals surface area (Å²) in [4.78, 5) is 0. The summed E-state index contributed by atoms with van der Waals surface area (Å²) in [6.45, 7) is 2.02. The fraction of sp³-hybridized carbons (Fsp3) is 0.600. The number of thiophene rings is 1. The molecule has 2 unspecified atom stereocenters. The molecule has 0 spiro atoms. The van der Waals surface area contributed by atoms with E-state index in [1.807, 2.05) is 18.4 Å². The SMILES string of the molecule is CCC(OC)C(O)Cc1ccsc1. The van der Waals surface area contributed by atoms with E-state index in [0.717, 1.165) is 6.42 Å². The van der Waals surface area contributed by atoms with Gasteiger partial charge in [-0.2, -0.15) is 11.3 Å². The van der Waals surface area contributed by atoms with Crippen LogP contribution in [0.3, 0.4) is 0 Å². The molecule has 0 saturated carbocycles. The van der Waals surface area contributed by atoms with E-state index in [0.29, 0.717) is 6.42 Å². The molecule has 2 nitrogen and oxygen atoms in total. The standard InChI is InChI=1S/C10H16O2S/c1-3-10(12-2)9(11)6-8-4-5-13-7-8/h4-5,7,9-11H,3,6H2,1-2H3. The maximum atomic E-state index is 9.76. The molecule has 0 aromatic carbocycles. The first kappa shape index (κ1) is 10.7. The maximum absolute atomic E-state index is 9.76. The summed E-state index contributed by atoms with van der Waals surface area (Å²) < 4.78 is 5.16. The predicted octanol–water partition coefficient (Wildman–Crippen LogP) is 2.08. The molecule has 1 rings (SSSR count). The molecule has 1 aromatic rings. The number of methoxy groups -OCH3 is 1. The highest BCUT2D eigenvalue weighted by atomic mass is 32.1. The molecule has 0 amide bonds. The number of hydrogen-bond acceptors (Lipinski definition) is 3. The molecule has 0 bridgehead atoms.